The lowest BCUT2D eigenvalue weighted by Gasteiger charge is -2.19. The maximum atomic E-state index is 11.7. The lowest BCUT2D eigenvalue weighted by atomic mass is 9.87. The van der Waals surface area contributed by atoms with Crippen LogP contribution in [0.25, 0.3) is 0 Å². The second kappa shape index (κ2) is 7.49. The molecule has 0 aromatic heterocycles. The normalized spacial score (nSPS) is 12.5. The van der Waals surface area contributed by atoms with Crippen molar-refractivity contribution in [3.63, 3.8) is 0 Å². The molecule has 0 fully saturated rings. The molecule has 0 aliphatic heterocycles. The zero-order valence-electron chi connectivity index (χ0n) is 14.7. The van der Waals surface area contributed by atoms with Crippen molar-refractivity contribution in [2.45, 2.75) is 38.9 Å². The quantitative estimate of drug-likeness (QED) is 0.885. The number of aliphatic hydroxyl groups is 1. The predicted octanol–water partition coefficient (Wildman–Crippen LogP) is 3.34. The molecule has 4 heteroatoms. The molecule has 0 aliphatic carbocycles. The fourth-order valence-electron chi connectivity index (χ4n) is 2.42. The lowest BCUT2D eigenvalue weighted by molar-refractivity contribution is -0.129. The van der Waals surface area contributed by atoms with E-state index in [4.69, 9.17) is 4.74 Å². The van der Waals surface area contributed by atoms with Crippen molar-refractivity contribution in [1.29, 1.82) is 0 Å². The van der Waals surface area contributed by atoms with Gasteiger partial charge >= 0.3 is 0 Å². The van der Waals surface area contributed by atoms with Crippen LogP contribution >= 0.6 is 0 Å². The van der Waals surface area contributed by atoms with Crippen molar-refractivity contribution in [3.05, 3.63) is 65.2 Å². The SMILES string of the molecule is CNC(=O)C(O)c1ccccc1COc1ccc(C(C)(C)C)cc1. The Morgan fingerprint density at radius 3 is 2.33 bits per heavy atom. The Morgan fingerprint density at radius 1 is 1.12 bits per heavy atom. The van der Waals surface area contributed by atoms with E-state index < -0.39 is 12.0 Å². The van der Waals surface area contributed by atoms with E-state index in [1.54, 1.807) is 12.1 Å². The molecule has 0 heterocycles. The van der Waals surface area contributed by atoms with Gasteiger partial charge in [-0.1, -0.05) is 57.2 Å². The number of benzene rings is 2. The molecule has 0 aliphatic rings. The Bertz CT molecular complexity index is 687. The van der Waals surface area contributed by atoms with Gasteiger partial charge in [-0.25, -0.2) is 0 Å². The average Bonchev–Trinajstić information content (AvgIpc) is 2.58. The van der Waals surface area contributed by atoms with Crippen molar-refractivity contribution in [2.24, 2.45) is 0 Å². The number of carbonyl (C=O) groups is 1. The maximum Gasteiger partial charge on any atom is 0.253 e. The molecule has 1 unspecified atom stereocenters. The van der Waals surface area contributed by atoms with Crippen molar-refractivity contribution < 1.29 is 14.6 Å². The minimum atomic E-state index is -1.20. The van der Waals surface area contributed by atoms with Crippen LogP contribution in [0.1, 0.15) is 43.6 Å². The van der Waals surface area contributed by atoms with Crippen LogP contribution in [0.2, 0.25) is 0 Å². The van der Waals surface area contributed by atoms with E-state index in [2.05, 4.69) is 38.2 Å². The van der Waals surface area contributed by atoms with E-state index in [9.17, 15) is 9.90 Å². The molecule has 0 saturated carbocycles. The minimum absolute atomic E-state index is 0.1000. The minimum Gasteiger partial charge on any atom is -0.489 e. The molecule has 0 spiro atoms. The molecule has 0 bridgehead atoms. The Kier molecular flexibility index (Phi) is 5.62. The zero-order valence-corrected chi connectivity index (χ0v) is 14.7. The van der Waals surface area contributed by atoms with Gasteiger partial charge in [0.15, 0.2) is 6.10 Å². The van der Waals surface area contributed by atoms with Crippen LogP contribution in [0.15, 0.2) is 48.5 Å². The van der Waals surface area contributed by atoms with Crippen LogP contribution in [0.3, 0.4) is 0 Å². The summed E-state index contributed by atoms with van der Waals surface area (Å²) in [6.45, 7) is 6.79. The summed E-state index contributed by atoms with van der Waals surface area (Å²) in [6.07, 6.45) is -1.20. The molecule has 4 nitrogen and oxygen atoms in total. The number of aliphatic hydroxyl groups excluding tert-OH is 1. The molecule has 2 rings (SSSR count). The van der Waals surface area contributed by atoms with E-state index in [1.807, 2.05) is 24.3 Å². The number of hydrogen-bond donors (Lipinski definition) is 2. The van der Waals surface area contributed by atoms with Crippen LogP contribution < -0.4 is 10.1 Å². The summed E-state index contributed by atoms with van der Waals surface area (Å²) in [7, 11) is 1.50. The van der Waals surface area contributed by atoms with Gasteiger partial charge in [-0.2, -0.15) is 0 Å². The molecule has 2 aromatic carbocycles. The monoisotopic (exact) mass is 327 g/mol. The number of rotatable bonds is 5. The van der Waals surface area contributed by atoms with Gasteiger partial charge in [-0.05, 0) is 34.2 Å². The molecule has 0 saturated heterocycles. The third-order valence-corrected chi connectivity index (χ3v) is 3.96. The third kappa shape index (κ3) is 4.36. The first-order valence-corrected chi connectivity index (χ1v) is 8.03. The van der Waals surface area contributed by atoms with Gasteiger partial charge in [-0.3, -0.25) is 4.79 Å². The van der Waals surface area contributed by atoms with Crippen molar-refractivity contribution in [2.75, 3.05) is 7.05 Å². The molecule has 1 amide bonds. The molecule has 2 N–H and O–H groups in total. The van der Waals surface area contributed by atoms with Gasteiger partial charge in [0.05, 0.1) is 0 Å². The molecule has 2 aromatic rings. The van der Waals surface area contributed by atoms with Gasteiger partial charge in [-0.15, -0.1) is 0 Å². The van der Waals surface area contributed by atoms with E-state index in [0.717, 1.165) is 11.3 Å². The van der Waals surface area contributed by atoms with Gasteiger partial charge < -0.3 is 15.2 Å². The van der Waals surface area contributed by atoms with Crippen LogP contribution in [0.5, 0.6) is 5.75 Å². The first-order valence-electron chi connectivity index (χ1n) is 8.03. The molecule has 24 heavy (non-hydrogen) atoms. The highest BCUT2D eigenvalue weighted by Gasteiger charge is 2.19. The van der Waals surface area contributed by atoms with Crippen LogP contribution in [0.4, 0.5) is 0 Å². The van der Waals surface area contributed by atoms with Crippen molar-refractivity contribution >= 4 is 5.91 Å². The lowest BCUT2D eigenvalue weighted by Crippen LogP contribution is -2.26. The fraction of sp³-hybridized carbons (Fsp3) is 0.350. The first kappa shape index (κ1) is 18.0. The van der Waals surface area contributed by atoms with Gasteiger partial charge in [0.25, 0.3) is 5.91 Å². The van der Waals surface area contributed by atoms with Gasteiger partial charge in [0.1, 0.15) is 12.4 Å². The zero-order chi connectivity index (χ0) is 17.7. The van der Waals surface area contributed by atoms with Crippen LogP contribution in [0, 0.1) is 0 Å². The number of ether oxygens (including phenoxy) is 1. The van der Waals surface area contributed by atoms with Crippen molar-refractivity contribution in [3.8, 4) is 5.75 Å². The number of likely N-dealkylation sites (N-methyl/N-ethyl adjacent to an activating group) is 1. The summed E-state index contributed by atoms with van der Waals surface area (Å²) in [6, 6.07) is 15.2. The summed E-state index contributed by atoms with van der Waals surface area (Å²) in [4.78, 5) is 11.7. The summed E-state index contributed by atoms with van der Waals surface area (Å²) in [5, 5.41) is 12.6. The van der Waals surface area contributed by atoms with E-state index in [0.29, 0.717) is 12.2 Å². The molecule has 1 atom stereocenters. The first-order chi connectivity index (χ1) is 11.3. The Hall–Kier alpha value is -2.33. The number of nitrogens with one attached hydrogen (secondary N) is 1. The van der Waals surface area contributed by atoms with Gasteiger partial charge in [0, 0.05) is 7.05 Å². The standard InChI is InChI=1S/C20H25NO3/c1-20(2,3)15-9-11-16(12-10-15)24-13-14-7-5-6-8-17(14)18(22)19(23)21-4/h5-12,18,22H,13H2,1-4H3,(H,21,23). The van der Waals surface area contributed by atoms with Gasteiger partial charge in [0.2, 0.25) is 0 Å². The molecule has 128 valence electrons. The molecule has 0 radical (unpaired) electrons. The van der Waals surface area contributed by atoms with Crippen molar-refractivity contribution in [1.82, 2.24) is 5.32 Å². The highest BCUT2D eigenvalue weighted by atomic mass is 16.5. The Labute approximate surface area is 143 Å². The summed E-state index contributed by atoms with van der Waals surface area (Å²) < 4.78 is 5.82. The van der Waals surface area contributed by atoms with Crippen LogP contribution in [-0.4, -0.2) is 18.1 Å². The Balaban J connectivity index is 2.11. The van der Waals surface area contributed by atoms with E-state index in [-0.39, 0.29) is 5.41 Å². The topological polar surface area (TPSA) is 58.6 Å². The average molecular weight is 327 g/mol. The molecular weight excluding hydrogens is 302 g/mol. The fourth-order valence-corrected chi connectivity index (χ4v) is 2.42. The second-order valence-corrected chi connectivity index (χ2v) is 6.78. The summed E-state index contributed by atoms with van der Waals surface area (Å²) in [5.41, 5.74) is 2.69. The Morgan fingerprint density at radius 2 is 1.75 bits per heavy atom. The maximum absolute atomic E-state index is 11.7. The third-order valence-electron chi connectivity index (χ3n) is 3.96. The van der Waals surface area contributed by atoms with E-state index in [1.165, 1.54) is 12.6 Å². The molecular formula is C20H25NO3. The second-order valence-electron chi connectivity index (χ2n) is 6.78. The largest absolute Gasteiger partial charge is 0.489 e. The number of amides is 1. The smallest absolute Gasteiger partial charge is 0.253 e. The van der Waals surface area contributed by atoms with E-state index >= 15 is 0 Å². The summed E-state index contributed by atoms with van der Waals surface area (Å²) in [5.74, 6) is 0.323. The number of hydrogen-bond acceptors (Lipinski definition) is 3. The highest BCUT2D eigenvalue weighted by Crippen LogP contribution is 2.25. The van der Waals surface area contributed by atoms with Crippen LogP contribution in [-0.2, 0) is 16.8 Å². The highest BCUT2D eigenvalue weighted by molar-refractivity contribution is 5.82. The number of carbonyl (C=O) groups excluding carboxylic acids is 1. The predicted molar refractivity (Wildman–Crippen MR) is 94.9 cm³/mol. The summed E-state index contributed by atoms with van der Waals surface area (Å²) >= 11 is 0.